The van der Waals surface area contributed by atoms with Gasteiger partial charge in [0.1, 0.15) is 5.82 Å². The first-order valence-corrected chi connectivity index (χ1v) is 7.48. The molecule has 1 saturated heterocycles. The van der Waals surface area contributed by atoms with Crippen molar-refractivity contribution in [1.29, 1.82) is 0 Å². The highest BCUT2D eigenvalue weighted by Gasteiger charge is 2.28. The Morgan fingerprint density at radius 2 is 1.79 bits per heavy atom. The average Bonchev–Trinajstić information content (AvgIpc) is 2.70. The van der Waals surface area contributed by atoms with E-state index >= 15 is 0 Å². The van der Waals surface area contributed by atoms with E-state index in [1.54, 1.807) is 12.1 Å². The molecular weight excluding hydrogens is 239 g/mol. The first-order valence-electron chi connectivity index (χ1n) is 7.48. The van der Waals surface area contributed by atoms with Crippen LogP contribution in [0.1, 0.15) is 50.6 Å². The van der Waals surface area contributed by atoms with E-state index in [0.29, 0.717) is 0 Å². The van der Waals surface area contributed by atoms with Gasteiger partial charge in [-0.3, -0.25) is 4.90 Å². The van der Waals surface area contributed by atoms with Gasteiger partial charge in [-0.1, -0.05) is 38.0 Å². The van der Waals surface area contributed by atoms with Crippen molar-refractivity contribution in [2.24, 2.45) is 5.73 Å². The van der Waals surface area contributed by atoms with E-state index in [1.165, 1.54) is 25.7 Å². The van der Waals surface area contributed by atoms with Crippen molar-refractivity contribution < 1.29 is 4.39 Å². The zero-order chi connectivity index (χ0) is 13.7. The molecule has 0 amide bonds. The fourth-order valence-corrected chi connectivity index (χ4v) is 3.01. The van der Waals surface area contributed by atoms with Crippen LogP contribution in [0.2, 0.25) is 0 Å². The summed E-state index contributed by atoms with van der Waals surface area (Å²) in [6.45, 7) is 4.15. The molecule has 0 bridgehead atoms. The molecule has 1 aromatic carbocycles. The highest BCUT2D eigenvalue weighted by atomic mass is 19.1. The van der Waals surface area contributed by atoms with Crippen LogP contribution in [0.25, 0.3) is 0 Å². The van der Waals surface area contributed by atoms with Crippen molar-refractivity contribution in [2.75, 3.05) is 13.1 Å². The maximum absolute atomic E-state index is 14.1. The van der Waals surface area contributed by atoms with Gasteiger partial charge in [-0.15, -0.1) is 0 Å². The van der Waals surface area contributed by atoms with Gasteiger partial charge in [0.25, 0.3) is 0 Å². The molecule has 1 heterocycles. The summed E-state index contributed by atoms with van der Waals surface area (Å²) in [4.78, 5) is 2.39. The monoisotopic (exact) mass is 264 g/mol. The van der Waals surface area contributed by atoms with Crippen molar-refractivity contribution in [2.45, 2.75) is 51.1 Å². The number of nitrogens with two attached hydrogens (primary N) is 1. The van der Waals surface area contributed by atoms with Gasteiger partial charge in [0.15, 0.2) is 0 Å². The summed E-state index contributed by atoms with van der Waals surface area (Å²) in [7, 11) is 0. The molecule has 1 fully saturated rings. The van der Waals surface area contributed by atoms with Crippen LogP contribution in [-0.4, -0.2) is 24.0 Å². The van der Waals surface area contributed by atoms with Crippen LogP contribution in [0.15, 0.2) is 24.3 Å². The topological polar surface area (TPSA) is 29.3 Å². The van der Waals surface area contributed by atoms with Crippen LogP contribution in [0.3, 0.4) is 0 Å². The van der Waals surface area contributed by atoms with Crippen molar-refractivity contribution in [1.82, 2.24) is 4.90 Å². The number of rotatable bonds is 4. The molecule has 2 rings (SSSR count). The van der Waals surface area contributed by atoms with Crippen LogP contribution in [0.5, 0.6) is 0 Å². The van der Waals surface area contributed by atoms with E-state index in [4.69, 9.17) is 5.73 Å². The molecule has 0 radical (unpaired) electrons. The first kappa shape index (κ1) is 14.5. The van der Waals surface area contributed by atoms with Crippen LogP contribution in [0, 0.1) is 5.82 Å². The predicted molar refractivity (Wildman–Crippen MR) is 77.4 cm³/mol. The van der Waals surface area contributed by atoms with Gasteiger partial charge in [-0.2, -0.15) is 0 Å². The zero-order valence-electron chi connectivity index (χ0n) is 11.8. The second-order valence-electron chi connectivity index (χ2n) is 5.49. The van der Waals surface area contributed by atoms with E-state index in [9.17, 15) is 4.39 Å². The minimum absolute atomic E-state index is 0.00463. The Bertz CT molecular complexity index is 386. The summed E-state index contributed by atoms with van der Waals surface area (Å²) < 4.78 is 14.1. The van der Waals surface area contributed by atoms with E-state index in [1.807, 2.05) is 12.1 Å². The Kier molecular flexibility index (Phi) is 5.34. The first-order chi connectivity index (χ1) is 9.24. The SMILES string of the molecule is CCC(N)C(c1ccccc1F)N1CCCCCC1. The summed E-state index contributed by atoms with van der Waals surface area (Å²) in [5, 5.41) is 0. The molecule has 1 aliphatic rings. The summed E-state index contributed by atoms with van der Waals surface area (Å²) in [5.74, 6) is -0.124. The van der Waals surface area contributed by atoms with Crippen LogP contribution < -0.4 is 5.73 Å². The zero-order valence-corrected chi connectivity index (χ0v) is 11.8. The van der Waals surface area contributed by atoms with Gasteiger partial charge in [0, 0.05) is 11.6 Å². The van der Waals surface area contributed by atoms with Crippen molar-refractivity contribution in [3.05, 3.63) is 35.6 Å². The average molecular weight is 264 g/mol. The van der Waals surface area contributed by atoms with E-state index < -0.39 is 0 Å². The van der Waals surface area contributed by atoms with Gasteiger partial charge >= 0.3 is 0 Å². The Morgan fingerprint density at radius 1 is 1.16 bits per heavy atom. The summed E-state index contributed by atoms with van der Waals surface area (Å²) in [6.07, 6.45) is 5.82. The molecule has 106 valence electrons. The minimum atomic E-state index is -0.124. The molecule has 2 N–H and O–H groups in total. The smallest absolute Gasteiger partial charge is 0.128 e. The number of hydrogen-bond acceptors (Lipinski definition) is 2. The number of hydrogen-bond donors (Lipinski definition) is 1. The maximum Gasteiger partial charge on any atom is 0.128 e. The molecule has 2 nitrogen and oxygen atoms in total. The lowest BCUT2D eigenvalue weighted by Crippen LogP contribution is -2.41. The number of halogens is 1. The third-order valence-electron chi connectivity index (χ3n) is 4.13. The van der Waals surface area contributed by atoms with Crippen molar-refractivity contribution in [3.8, 4) is 0 Å². The molecule has 19 heavy (non-hydrogen) atoms. The minimum Gasteiger partial charge on any atom is -0.326 e. The second kappa shape index (κ2) is 7.01. The van der Waals surface area contributed by atoms with E-state index in [0.717, 1.165) is 25.1 Å². The van der Waals surface area contributed by atoms with Gasteiger partial charge in [0.2, 0.25) is 0 Å². The summed E-state index contributed by atoms with van der Waals surface area (Å²) >= 11 is 0. The third-order valence-corrected chi connectivity index (χ3v) is 4.13. The Morgan fingerprint density at radius 3 is 2.37 bits per heavy atom. The molecule has 0 aromatic heterocycles. The maximum atomic E-state index is 14.1. The van der Waals surface area contributed by atoms with Gasteiger partial charge in [0.05, 0.1) is 6.04 Å². The Hall–Kier alpha value is -0.930. The standard InChI is InChI=1S/C16H25FN2/c1-2-15(18)16(13-9-5-6-10-14(13)17)19-11-7-3-4-8-12-19/h5-6,9-10,15-16H,2-4,7-8,11-12,18H2,1H3. The number of likely N-dealkylation sites (tertiary alicyclic amines) is 1. The highest BCUT2D eigenvalue weighted by molar-refractivity contribution is 5.23. The summed E-state index contributed by atoms with van der Waals surface area (Å²) in [6, 6.07) is 7.10. The van der Waals surface area contributed by atoms with Crippen molar-refractivity contribution >= 4 is 0 Å². The molecular formula is C16H25FN2. The van der Waals surface area contributed by atoms with Crippen molar-refractivity contribution in [3.63, 3.8) is 0 Å². The molecule has 2 atom stereocenters. The lowest BCUT2D eigenvalue weighted by atomic mass is 9.95. The fraction of sp³-hybridized carbons (Fsp3) is 0.625. The lowest BCUT2D eigenvalue weighted by Gasteiger charge is -2.35. The second-order valence-corrected chi connectivity index (χ2v) is 5.49. The van der Waals surface area contributed by atoms with E-state index in [-0.39, 0.29) is 17.9 Å². The third kappa shape index (κ3) is 3.54. The normalized spacial score (nSPS) is 20.8. The summed E-state index contributed by atoms with van der Waals surface area (Å²) in [5.41, 5.74) is 7.05. The van der Waals surface area contributed by atoms with Crippen LogP contribution in [0.4, 0.5) is 4.39 Å². The number of nitrogens with zero attached hydrogens (tertiary/aromatic N) is 1. The van der Waals surface area contributed by atoms with E-state index in [2.05, 4.69) is 11.8 Å². The van der Waals surface area contributed by atoms with Gasteiger partial charge in [-0.25, -0.2) is 4.39 Å². The largest absolute Gasteiger partial charge is 0.326 e. The molecule has 0 aliphatic carbocycles. The Balaban J connectivity index is 2.27. The highest BCUT2D eigenvalue weighted by Crippen LogP contribution is 2.29. The molecule has 1 aromatic rings. The van der Waals surface area contributed by atoms with Crippen LogP contribution >= 0.6 is 0 Å². The lowest BCUT2D eigenvalue weighted by molar-refractivity contribution is 0.171. The Labute approximate surface area is 115 Å². The predicted octanol–water partition coefficient (Wildman–Crippen LogP) is 3.48. The van der Waals surface area contributed by atoms with Gasteiger partial charge in [-0.05, 0) is 38.4 Å². The van der Waals surface area contributed by atoms with Crippen LogP contribution in [-0.2, 0) is 0 Å². The molecule has 0 saturated carbocycles. The fourth-order valence-electron chi connectivity index (χ4n) is 3.01. The van der Waals surface area contributed by atoms with Gasteiger partial charge < -0.3 is 5.73 Å². The molecule has 2 unspecified atom stereocenters. The number of benzene rings is 1. The quantitative estimate of drug-likeness (QED) is 0.902. The molecule has 3 heteroatoms. The molecule has 1 aliphatic heterocycles. The molecule has 0 spiro atoms.